The SMILES string of the molecule is CC(O)CO.CCCCCCCCCC(C)C. The summed E-state index contributed by atoms with van der Waals surface area (Å²) in [5.74, 6) is 0.903. The molecule has 0 aromatic heterocycles. The summed E-state index contributed by atoms with van der Waals surface area (Å²) in [5, 5.41) is 16.0. The molecular formula is C15H34O2. The third-order valence-corrected chi connectivity index (χ3v) is 2.65. The molecule has 0 aliphatic heterocycles. The fourth-order valence-corrected chi connectivity index (χ4v) is 1.51. The zero-order valence-corrected chi connectivity index (χ0v) is 12.4. The van der Waals surface area contributed by atoms with E-state index in [-0.39, 0.29) is 6.61 Å². The molecule has 0 amide bonds. The van der Waals surface area contributed by atoms with E-state index >= 15 is 0 Å². The Labute approximate surface area is 108 Å². The van der Waals surface area contributed by atoms with Crippen LogP contribution < -0.4 is 0 Å². The normalized spacial score (nSPS) is 12.2. The lowest BCUT2D eigenvalue weighted by Gasteiger charge is -2.03. The molecule has 2 nitrogen and oxygen atoms in total. The predicted octanol–water partition coefficient (Wildman–Crippen LogP) is 4.14. The van der Waals surface area contributed by atoms with Gasteiger partial charge in [-0.25, -0.2) is 0 Å². The molecule has 0 aliphatic carbocycles. The van der Waals surface area contributed by atoms with Crippen molar-refractivity contribution in [3.8, 4) is 0 Å². The van der Waals surface area contributed by atoms with Gasteiger partial charge in [-0.2, -0.15) is 0 Å². The van der Waals surface area contributed by atoms with Gasteiger partial charge in [-0.3, -0.25) is 0 Å². The van der Waals surface area contributed by atoms with Gasteiger partial charge in [0.2, 0.25) is 0 Å². The molecule has 0 spiro atoms. The zero-order valence-electron chi connectivity index (χ0n) is 12.4. The van der Waals surface area contributed by atoms with E-state index in [2.05, 4.69) is 20.8 Å². The van der Waals surface area contributed by atoms with E-state index in [1.54, 1.807) is 0 Å². The molecule has 17 heavy (non-hydrogen) atoms. The topological polar surface area (TPSA) is 40.5 Å². The second-order valence-electron chi connectivity index (χ2n) is 5.34. The van der Waals surface area contributed by atoms with E-state index in [0.717, 1.165) is 5.92 Å². The first-order chi connectivity index (χ1) is 8.04. The molecule has 0 bridgehead atoms. The summed E-state index contributed by atoms with van der Waals surface area (Å²) < 4.78 is 0. The molecule has 0 saturated carbocycles. The van der Waals surface area contributed by atoms with Crippen molar-refractivity contribution in [1.29, 1.82) is 0 Å². The van der Waals surface area contributed by atoms with Crippen LogP contribution in [0.15, 0.2) is 0 Å². The number of aliphatic hydroxyl groups excluding tert-OH is 2. The number of unbranched alkanes of at least 4 members (excludes halogenated alkanes) is 6. The van der Waals surface area contributed by atoms with E-state index in [1.165, 1.54) is 58.3 Å². The van der Waals surface area contributed by atoms with Crippen LogP contribution in [0.2, 0.25) is 0 Å². The zero-order chi connectivity index (χ0) is 13.5. The lowest BCUT2D eigenvalue weighted by molar-refractivity contribution is 0.110. The monoisotopic (exact) mass is 246 g/mol. The van der Waals surface area contributed by atoms with E-state index in [0.29, 0.717) is 0 Å². The summed E-state index contributed by atoms with van der Waals surface area (Å²) in [6.45, 7) is 8.30. The molecule has 0 fully saturated rings. The summed E-state index contributed by atoms with van der Waals surface area (Å²) in [4.78, 5) is 0. The Morgan fingerprint density at radius 1 is 0.824 bits per heavy atom. The van der Waals surface area contributed by atoms with Crippen LogP contribution in [-0.4, -0.2) is 22.9 Å². The van der Waals surface area contributed by atoms with Gasteiger partial charge >= 0.3 is 0 Å². The lowest BCUT2D eigenvalue weighted by atomic mass is 10.0. The minimum absolute atomic E-state index is 0.139. The van der Waals surface area contributed by atoms with Gasteiger partial charge in [0.15, 0.2) is 0 Å². The molecule has 0 heterocycles. The van der Waals surface area contributed by atoms with Gasteiger partial charge in [0, 0.05) is 0 Å². The van der Waals surface area contributed by atoms with Crippen molar-refractivity contribution >= 4 is 0 Å². The molecule has 0 saturated heterocycles. The van der Waals surface area contributed by atoms with E-state index in [9.17, 15) is 0 Å². The van der Waals surface area contributed by atoms with Gasteiger partial charge in [0.05, 0.1) is 12.7 Å². The first kappa shape index (κ1) is 19.3. The maximum Gasteiger partial charge on any atom is 0.0742 e. The van der Waals surface area contributed by atoms with Crippen molar-refractivity contribution < 1.29 is 10.2 Å². The van der Waals surface area contributed by atoms with Crippen molar-refractivity contribution in [1.82, 2.24) is 0 Å². The number of hydrogen-bond donors (Lipinski definition) is 2. The number of aliphatic hydroxyl groups is 2. The summed E-state index contributed by atoms with van der Waals surface area (Å²) >= 11 is 0. The van der Waals surface area contributed by atoms with Crippen LogP contribution in [0.25, 0.3) is 0 Å². The highest BCUT2D eigenvalue weighted by molar-refractivity contribution is 4.48. The summed E-state index contributed by atoms with van der Waals surface area (Å²) in [5.41, 5.74) is 0. The Balaban J connectivity index is 0. The molecule has 0 aliphatic rings. The Bertz CT molecular complexity index is 122. The summed E-state index contributed by atoms with van der Waals surface area (Å²) in [6, 6.07) is 0. The average molecular weight is 246 g/mol. The van der Waals surface area contributed by atoms with Crippen LogP contribution >= 0.6 is 0 Å². The van der Waals surface area contributed by atoms with Crippen molar-refractivity contribution in [3.63, 3.8) is 0 Å². The summed E-state index contributed by atoms with van der Waals surface area (Å²) in [6.07, 6.45) is 11.0. The first-order valence-corrected chi connectivity index (χ1v) is 7.33. The van der Waals surface area contributed by atoms with E-state index in [4.69, 9.17) is 10.2 Å². The highest BCUT2D eigenvalue weighted by Crippen LogP contribution is 2.11. The first-order valence-electron chi connectivity index (χ1n) is 7.33. The fourth-order valence-electron chi connectivity index (χ4n) is 1.51. The van der Waals surface area contributed by atoms with Gasteiger partial charge in [0.25, 0.3) is 0 Å². The van der Waals surface area contributed by atoms with Crippen LogP contribution in [0.4, 0.5) is 0 Å². The van der Waals surface area contributed by atoms with Crippen LogP contribution in [0.3, 0.4) is 0 Å². The highest BCUT2D eigenvalue weighted by atomic mass is 16.3. The van der Waals surface area contributed by atoms with Gasteiger partial charge in [-0.15, -0.1) is 0 Å². The van der Waals surface area contributed by atoms with Crippen LogP contribution in [-0.2, 0) is 0 Å². The van der Waals surface area contributed by atoms with Crippen molar-refractivity contribution in [2.24, 2.45) is 5.92 Å². The lowest BCUT2D eigenvalue weighted by Crippen LogP contribution is -2.03. The van der Waals surface area contributed by atoms with Gasteiger partial charge < -0.3 is 10.2 Å². The minimum Gasteiger partial charge on any atom is -0.394 e. The smallest absolute Gasteiger partial charge is 0.0742 e. The highest BCUT2D eigenvalue weighted by Gasteiger charge is 1.93. The van der Waals surface area contributed by atoms with Crippen LogP contribution in [0.1, 0.15) is 79.1 Å². The molecule has 1 atom stereocenters. The molecule has 1 unspecified atom stereocenters. The second kappa shape index (κ2) is 15.9. The van der Waals surface area contributed by atoms with Crippen LogP contribution in [0.5, 0.6) is 0 Å². The number of hydrogen-bond acceptors (Lipinski definition) is 2. The molecule has 0 aromatic carbocycles. The molecular weight excluding hydrogens is 212 g/mol. The molecule has 0 radical (unpaired) electrons. The maximum atomic E-state index is 8.11. The van der Waals surface area contributed by atoms with Gasteiger partial charge in [-0.1, -0.05) is 72.1 Å². The molecule has 106 valence electrons. The Morgan fingerprint density at radius 3 is 1.59 bits per heavy atom. The molecule has 0 rings (SSSR count). The fraction of sp³-hybridized carbons (Fsp3) is 1.00. The van der Waals surface area contributed by atoms with Gasteiger partial charge in [0.1, 0.15) is 0 Å². The Hall–Kier alpha value is -0.0800. The van der Waals surface area contributed by atoms with Crippen molar-refractivity contribution in [2.75, 3.05) is 6.61 Å². The molecule has 2 heteroatoms. The Kier molecular flexibility index (Phi) is 18.0. The van der Waals surface area contributed by atoms with Crippen molar-refractivity contribution in [2.45, 2.75) is 85.2 Å². The van der Waals surface area contributed by atoms with Crippen molar-refractivity contribution in [3.05, 3.63) is 0 Å². The van der Waals surface area contributed by atoms with E-state index < -0.39 is 6.10 Å². The largest absolute Gasteiger partial charge is 0.394 e. The molecule has 0 aromatic rings. The van der Waals surface area contributed by atoms with Gasteiger partial charge in [-0.05, 0) is 12.8 Å². The third-order valence-electron chi connectivity index (χ3n) is 2.65. The maximum absolute atomic E-state index is 8.11. The Morgan fingerprint density at radius 2 is 1.24 bits per heavy atom. The van der Waals surface area contributed by atoms with E-state index in [1.807, 2.05) is 0 Å². The summed E-state index contributed by atoms with van der Waals surface area (Å²) in [7, 11) is 0. The minimum atomic E-state index is -0.560. The van der Waals surface area contributed by atoms with Crippen LogP contribution in [0, 0.1) is 5.92 Å². The number of rotatable bonds is 9. The average Bonchev–Trinajstić information content (AvgIpc) is 2.28. The quantitative estimate of drug-likeness (QED) is 0.600. The standard InChI is InChI=1S/C12H26.C3H8O2/c1-4-5-6-7-8-9-10-11-12(2)3;1-3(5)2-4/h12H,4-11H2,1-3H3;3-5H,2H2,1H3. The third kappa shape index (κ3) is 25.9. The molecule has 2 N–H and O–H groups in total. The predicted molar refractivity (Wildman–Crippen MR) is 76.2 cm³/mol. The second-order valence-corrected chi connectivity index (χ2v) is 5.34.